The molecule has 0 saturated carbocycles. The molecule has 7 heteroatoms. The van der Waals surface area contributed by atoms with E-state index in [4.69, 9.17) is 0 Å². The van der Waals surface area contributed by atoms with Crippen molar-refractivity contribution in [2.45, 2.75) is 37.9 Å². The first kappa shape index (κ1) is 18.1. The van der Waals surface area contributed by atoms with Crippen LogP contribution in [0.4, 0.5) is 0 Å². The lowest BCUT2D eigenvalue weighted by Crippen LogP contribution is -2.44. The zero-order chi connectivity index (χ0) is 18.8. The molecule has 1 unspecified atom stereocenters. The molecule has 1 aromatic carbocycles. The van der Waals surface area contributed by atoms with Crippen molar-refractivity contribution in [3.63, 3.8) is 0 Å². The third-order valence-corrected chi connectivity index (χ3v) is 5.69. The zero-order valence-electron chi connectivity index (χ0n) is 16.1. The van der Waals surface area contributed by atoms with Crippen LogP contribution in [-0.4, -0.2) is 64.2 Å². The normalized spacial score (nSPS) is 19.1. The minimum atomic E-state index is -0.227. The molecule has 2 aliphatic rings. The molecule has 1 aromatic heterocycles. The number of fused-ring (bicyclic) bond motifs is 1. The second-order valence-electron chi connectivity index (χ2n) is 7.68. The number of carbonyl (C=O) groups excluding carboxylic acids is 1. The fourth-order valence-corrected chi connectivity index (χ4v) is 4.24. The summed E-state index contributed by atoms with van der Waals surface area (Å²) in [5.74, 6) is 2.72. The van der Waals surface area contributed by atoms with Crippen LogP contribution >= 0.6 is 0 Å². The molecule has 0 spiro atoms. The van der Waals surface area contributed by atoms with Crippen LogP contribution < -0.4 is 5.32 Å². The Kier molecular flexibility index (Phi) is 5.22. The van der Waals surface area contributed by atoms with Crippen molar-refractivity contribution in [2.75, 3.05) is 33.7 Å². The summed E-state index contributed by atoms with van der Waals surface area (Å²) in [7, 11) is 3.94. The molecule has 1 atom stereocenters. The van der Waals surface area contributed by atoms with Crippen LogP contribution in [0.3, 0.4) is 0 Å². The highest BCUT2D eigenvalue weighted by Crippen LogP contribution is 2.30. The van der Waals surface area contributed by atoms with Gasteiger partial charge in [0.15, 0.2) is 0 Å². The number of rotatable bonds is 4. The number of nitrogens with zero attached hydrogens (tertiary/aromatic N) is 5. The number of hydrogen-bond donors (Lipinski definition) is 1. The highest BCUT2D eigenvalue weighted by atomic mass is 16.2. The van der Waals surface area contributed by atoms with Gasteiger partial charge in [0.25, 0.3) is 0 Å². The average Bonchev–Trinajstić information content (AvgIpc) is 3.13. The average molecular weight is 368 g/mol. The number of nitrogens with one attached hydrogen (secondary N) is 1. The van der Waals surface area contributed by atoms with Crippen LogP contribution in [0.1, 0.15) is 42.0 Å². The molecular weight excluding hydrogens is 340 g/mol. The van der Waals surface area contributed by atoms with Gasteiger partial charge in [0.1, 0.15) is 17.7 Å². The van der Waals surface area contributed by atoms with Crippen molar-refractivity contribution < 1.29 is 4.79 Å². The largest absolute Gasteiger partial charge is 0.341 e. The maximum absolute atomic E-state index is 13.2. The van der Waals surface area contributed by atoms with E-state index in [9.17, 15) is 4.79 Å². The van der Waals surface area contributed by atoms with E-state index >= 15 is 0 Å². The molecule has 27 heavy (non-hydrogen) atoms. The van der Waals surface area contributed by atoms with E-state index in [1.54, 1.807) is 0 Å². The first-order valence-electron chi connectivity index (χ1n) is 9.78. The summed E-state index contributed by atoms with van der Waals surface area (Å²) in [6.07, 6.45) is 1.90. The van der Waals surface area contributed by atoms with Gasteiger partial charge in [-0.15, -0.1) is 10.2 Å². The van der Waals surface area contributed by atoms with Crippen molar-refractivity contribution in [3.05, 3.63) is 47.5 Å². The van der Waals surface area contributed by atoms with Gasteiger partial charge in [-0.3, -0.25) is 9.69 Å². The molecule has 2 aliphatic heterocycles. The topological polar surface area (TPSA) is 66.3 Å². The molecule has 0 aliphatic carbocycles. The molecule has 0 radical (unpaired) electrons. The number of amides is 1. The molecule has 144 valence electrons. The van der Waals surface area contributed by atoms with Crippen LogP contribution in [0, 0.1) is 0 Å². The molecule has 1 N–H and O–H groups in total. The van der Waals surface area contributed by atoms with Crippen LogP contribution in [0.15, 0.2) is 30.3 Å². The molecule has 7 nitrogen and oxygen atoms in total. The monoisotopic (exact) mass is 368 g/mol. The molecule has 2 aromatic rings. The zero-order valence-corrected chi connectivity index (χ0v) is 16.1. The van der Waals surface area contributed by atoms with Gasteiger partial charge in [-0.25, -0.2) is 0 Å². The molecule has 1 saturated heterocycles. The van der Waals surface area contributed by atoms with Crippen LogP contribution in [-0.2, 0) is 17.9 Å². The van der Waals surface area contributed by atoms with Crippen LogP contribution in [0.2, 0.25) is 0 Å². The Hall–Kier alpha value is -2.25. The lowest BCUT2D eigenvalue weighted by atomic mass is 9.94. The number of benzene rings is 1. The van der Waals surface area contributed by atoms with E-state index < -0.39 is 0 Å². The van der Waals surface area contributed by atoms with E-state index in [1.807, 2.05) is 54.2 Å². The van der Waals surface area contributed by atoms with Crippen LogP contribution in [0.5, 0.6) is 0 Å². The first-order chi connectivity index (χ1) is 13.1. The minimum Gasteiger partial charge on any atom is -0.341 e. The maximum atomic E-state index is 13.2. The van der Waals surface area contributed by atoms with E-state index in [0.29, 0.717) is 5.92 Å². The number of likely N-dealkylation sites (tertiary alicyclic amines) is 1. The maximum Gasteiger partial charge on any atom is 0.244 e. The van der Waals surface area contributed by atoms with Gasteiger partial charge in [-0.1, -0.05) is 30.3 Å². The van der Waals surface area contributed by atoms with Gasteiger partial charge in [0.2, 0.25) is 5.91 Å². The summed E-state index contributed by atoms with van der Waals surface area (Å²) in [6, 6.07) is 9.82. The predicted molar refractivity (Wildman–Crippen MR) is 103 cm³/mol. The molecule has 4 rings (SSSR count). The fraction of sp³-hybridized carbons (Fsp3) is 0.550. The quantitative estimate of drug-likeness (QED) is 0.883. The second kappa shape index (κ2) is 7.78. The van der Waals surface area contributed by atoms with E-state index in [1.165, 1.54) is 0 Å². The molecule has 0 bridgehead atoms. The van der Waals surface area contributed by atoms with Gasteiger partial charge in [0.05, 0.1) is 6.54 Å². The van der Waals surface area contributed by atoms with Crippen molar-refractivity contribution in [2.24, 2.45) is 0 Å². The van der Waals surface area contributed by atoms with Crippen molar-refractivity contribution in [1.29, 1.82) is 0 Å². The van der Waals surface area contributed by atoms with Crippen LogP contribution in [0.25, 0.3) is 0 Å². The number of aromatic nitrogens is 3. The van der Waals surface area contributed by atoms with Crippen molar-refractivity contribution in [1.82, 2.24) is 29.9 Å². The summed E-state index contributed by atoms with van der Waals surface area (Å²) in [5, 5.41) is 12.1. The lowest BCUT2D eigenvalue weighted by Gasteiger charge is -2.36. The number of likely N-dealkylation sites (N-methyl/N-ethyl adjacent to an activating group) is 1. The summed E-state index contributed by atoms with van der Waals surface area (Å²) in [6.45, 7) is 4.26. The highest BCUT2D eigenvalue weighted by molar-refractivity contribution is 5.83. The third kappa shape index (κ3) is 3.61. The highest BCUT2D eigenvalue weighted by Gasteiger charge is 2.32. The summed E-state index contributed by atoms with van der Waals surface area (Å²) in [5.41, 5.74) is 1.05. The SMILES string of the molecule is CN(C)C(C(=O)N1CCC(c2nnc3n2CCNC3)CC1)c1ccccc1. The van der Waals surface area contributed by atoms with Crippen molar-refractivity contribution >= 4 is 5.91 Å². The first-order valence-corrected chi connectivity index (χ1v) is 9.78. The van der Waals surface area contributed by atoms with Gasteiger partial charge < -0.3 is 14.8 Å². The Morgan fingerprint density at radius 3 is 2.59 bits per heavy atom. The smallest absolute Gasteiger partial charge is 0.244 e. The van der Waals surface area contributed by atoms with Gasteiger partial charge >= 0.3 is 0 Å². The Morgan fingerprint density at radius 1 is 1.15 bits per heavy atom. The van der Waals surface area contributed by atoms with Crippen molar-refractivity contribution in [3.8, 4) is 0 Å². The van der Waals surface area contributed by atoms with E-state index in [0.717, 1.165) is 62.8 Å². The summed E-state index contributed by atoms with van der Waals surface area (Å²) >= 11 is 0. The predicted octanol–water partition coefficient (Wildman–Crippen LogP) is 1.39. The Morgan fingerprint density at radius 2 is 1.89 bits per heavy atom. The fourth-order valence-electron chi connectivity index (χ4n) is 4.24. The summed E-state index contributed by atoms with van der Waals surface area (Å²) in [4.78, 5) is 17.2. The van der Waals surface area contributed by atoms with E-state index in [-0.39, 0.29) is 11.9 Å². The molecule has 3 heterocycles. The van der Waals surface area contributed by atoms with Gasteiger partial charge in [-0.05, 0) is 32.5 Å². The minimum absolute atomic E-state index is 0.192. The summed E-state index contributed by atoms with van der Waals surface area (Å²) < 4.78 is 2.27. The number of carbonyl (C=O) groups is 1. The van der Waals surface area contributed by atoms with Gasteiger partial charge in [0, 0.05) is 32.1 Å². The standard InChI is InChI=1S/C20H28N6O/c1-24(2)18(15-6-4-3-5-7-15)20(27)25-11-8-16(9-12-25)19-23-22-17-14-21-10-13-26(17)19/h3-7,16,18,21H,8-14H2,1-2H3. The number of piperidine rings is 1. The van der Waals surface area contributed by atoms with Gasteiger partial charge in [-0.2, -0.15) is 0 Å². The Bertz CT molecular complexity index is 779. The Labute approximate surface area is 160 Å². The van der Waals surface area contributed by atoms with E-state index in [2.05, 4.69) is 20.1 Å². The molecule has 1 amide bonds. The molecular formula is C20H28N6O. The third-order valence-electron chi connectivity index (χ3n) is 5.69. The second-order valence-corrected chi connectivity index (χ2v) is 7.68. The Balaban J connectivity index is 1.44. The lowest BCUT2D eigenvalue weighted by molar-refractivity contribution is -0.137. The molecule has 1 fully saturated rings. The number of hydrogen-bond acceptors (Lipinski definition) is 5.